The third kappa shape index (κ3) is 2.37. The average molecular weight is 289 g/mol. The van der Waals surface area contributed by atoms with E-state index in [0.717, 1.165) is 5.56 Å². The first-order valence-corrected chi connectivity index (χ1v) is 6.85. The number of cyclic esters (lactones) is 2. The van der Waals surface area contributed by atoms with Gasteiger partial charge in [-0.25, -0.2) is 9.59 Å². The summed E-state index contributed by atoms with van der Waals surface area (Å²) >= 11 is 0. The zero-order valence-corrected chi connectivity index (χ0v) is 11.4. The quantitative estimate of drug-likeness (QED) is 0.611. The first-order valence-electron chi connectivity index (χ1n) is 6.85. The van der Waals surface area contributed by atoms with Crippen LogP contribution in [-0.4, -0.2) is 35.0 Å². The lowest BCUT2D eigenvalue weighted by atomic mass is 9.94. The number of hydrogen-bond acceptors (Lipinski definition) is 5. The molecule has 0 aromatic heterocycles. The standard InChI is InChI=1S/C15H15NO5/c17-12-9-15(13(18)21-12)7-4-8-16(15)14(19)20-10-11-5-2-1-3-6-11/h1-3,5-6H,4,7-10H2. The van der Waals surface area contributed by atoms with Gasteiger partial charge in [-0.1, -0.05) is 30.3 Å². The van der Waals surface area contributed by atoms with E-state index in [2.05, 4.69) is 4.74 Å². The molecule has 0 bridgehead atoms. The summed E-state index contributed by atoms with van der Waals surface area (Å²) in [6, 6.07) is 9.28. The number of rotatable bonds is 2. The SMILES string of the molecule is O=C1CC2(CCCN2C(=O)OCc2ccccc2)C(=O)O1. The van der Waals surface area contributed by atoms with E-state index in [-0.39, 0.29) is 13.0 Å². The number of esters is 2. The minimum atomic E-state index is -1.15. The maximum atomic E-state index is 12.2. The van der Waals surface area contributed by atoms with Gasteiger partial charge in [-0.2, -0.15) is 0 Å². The van der Waals surface area contributed by atoms with Gasteiger partial charge in [0.25, 0.3) is 0 Å². The number of nitrogens with zero attached hydrogens (tertiary/aromatic N) is 1. The minimum absolute atomic E-state index is 0.0771. The highest BCUT2D eigenvalue weighted by atomic mass is 16.6. The van der Waals surface area contributed by atoms with Crippen LogP contribution in [0.5, 0.6) is 0 Å². The molecule has 2 aliphatic rings. The molecule has 1 atom stereocenters. The second-order valence-corrected chi connectivity index (χ2v) is 5.27. The molecule has 1 aromatic rings. The van der Waals surface area contributed by atoms with E-state index < -0.39 is 23.6 Å². The average Bonchev–Trinajstić information content (AvgIpc) is 3.02. The number of carbonyl (C=O) groups is 3. The number of benzene rings is 1. The molecule has 2 aliphatic heterocycles. The first-order chi connectivity index (χ1) is 10.1. The predicted molar refractivity (Wildman–Crippen MR) is 71.0 cm³/mol. The van der Waals surface area contributed by atoms with E-state index in [1.165, 1.54) is 4.90 Å². The van der Waals surface area contributed by atoms with Crippen LogP contribution < -0.4 is 0 Å². The zero-order valence-electron chi connectivity index (χ0n) is 11.4. The molecule has 2 fully saturated rings. The van der Waals surface area contributed by atoms with Crippen molar-refractivity contribution in [2.24, 2.45) is 0 Å². The normalized spacial score (nSPS) is 24.5. The first kappa shape index (κ1) is 13.6. The molecule has 1 unspecified atom stereocenters. The third-order valence-electron chi connectivity index (χ3n) is 3.94. The fourth-order valence-corrected chi connectivity index (χ4v) is 2.88. The lowest BCUT2D eigenvalue weighted by molar-refractivity contribution is -0.155. The Labute approximate surface area is 121 Å². The van der Waals surface area contributed by atoms with E-state index in [1.807, 2.05) is 30.3 Å². The zero-order chi connectivity index (χ0) is 14.9. The van der Waals surface area contributed by atoms with Crippen molar-refractivity contribution in [3.8, 4) is 0 Å². The van der Waals surface area contributed by atoms with Gasteiger partial charge in [0.1, 0.15) is 6.61 Å². The van der Waals surface area contributed by atoms with Gasteiger partial charge in [-0.15, -0.1) is 0 Å². The van der Waals surface area contributed by atoms with Gasteiger partial charge in [0, 0.05) is 6.54 Å². The smallest absolute Gasteiger partial charge is 0.411 e. The molecule has 0 saturated carbocycles. The van der Waals surface area contributed by atoms with Crippen molar-refractivity contribution in [3.05, 3.63) is 35.9 Å². The Bertz CT molecular complexity index is 585. The van der Waals surface area contributed by atoms with Gasteiger partial charge in [-0.05, 0) is 18.4 Å². The molecule has 0 aliphatic carbocycles. The largest absolute Gasteiger partial charge is 0.445 e. The molecule has 1 aromatic carbocycles. The van der Waals surface area contributed by atoms with Crippen LogP contribution in [0.4, 0.5) is 4.79 Å². The molecule has 6 nitrogen and oxygen atoms in total. The van der Waals surface area contributed by atoms with Crippen molar-refractivity contribution < 1.29 is 23.9 Å². The van der Waals surface area contributed by atoms with E-state index in [4.69, 9.17) is 4.74 Å². The van der Waals surface area contributed by atoms with Crippen molar-refractivity contribution in [2.75, 3.05) is 6.54 Å². The molecule has 0 N–H and O–H groups in total. The van der Waals surface area contributed by atoms with Crippen LogP contribution in [0, 0.1) is 0 Å². The van der Waals surface area contributed by atoms with Crippen LogP contribution in [0.1, 0.15) is 24.8 Å². The van der Waals surface area contributed by atoms with Crippen molar-refractivity contribution in [1.82, 2.24) is 4.90 Å². The maximum Gasteiger partial charge on any atom is 0.411 e. The van der Waals surface area contributed by atoms with E-state index in [1.54, 1.807) is 0 Å². The van der Waals surface area contributed by atoms with Gasteiger partial charge in [-0.3, -0.25) is 9.69 Å². The van der Waals surface area contributed by atoms with Crippen LogP contribution in [-0.2, 0) is 25.7 Å². The third-order valence-corrected chi connectivity index (χ3v) is 3.94. The van der Waals surface area contributed by atoms with Gasteiger partial charge < -0.3 is 9.47 Å². The number of carbonyl (C=O) groups excluding carboxylic acids is 3. The van der Waals surface area contributed by atoms with Crippen LogP contribution in [0.15, 0.2) is 30.3 Å². The van der Waals surface area contributed by atoms with Crippen molar-refractivity contribution >= 4 is 18.0 Å². The van der Waals surface area contributed by atoms with Crippen molar-refractivity contribution in [2.45, 2.75) is 31.4 Å². The summed E-state index contributed by atoms with van der Waals surface area (Å²) in [4.78, 5) is 36.8. The molecular formula is C15H15NO5. The van der Waals surface area contributed by atoms with Crippen LogP contribution in [0.3, 0.4) is 0 Å². The van der Waals surface area contributed by atoms with Gasteiger partial charge in [0.2, 0.25) is 0 Å². The summed E-state index contributed by atoms with van der Waals surface area (Å²) in [7, 11) is 0. The molecule has 1 amide bonds. The topological polar surface area (TPSA) is 72.9 Å². The fourth-order valence-electron chi connectivity index (χ4n) is 2.88. The minimum Gasteiger partial charge on any atom is -0.445 e. The molecule has 21 heavy (non-hydrogen) atoms. The molecular weight excluding hydrogens is 274 g/mol. The molecule has 2 heterocycles. The second kappa shape index (κ2) is 5.20. The monoisotopic (exact) mass is 289 g/mol. The molecule has 1 spiro atoms. The Balaban J connectivity index is 1.69. The fraction of sp³-hybridized carbons (Fsp3) is 0.400. The van der Waals surface area contributed by atoms with Crippen LogP contribution >= 0.6 is 0 Å². The molecule has 2 saturated heterocycles. The predicted octanol–water partition coefficient (Wildman–Crippen LogP) is 1.63. The molecule has 6 heteroatoms. The summed E-state index contributed by atoms with van der Waals surface area (Å²) < 4.78 is 9.87. The number of likely N-dealkylation sites (tertiary alicyclic amines) is 1. The Hall–Kier alpha value is -2.37. The number of amides is 1. The summed E-state index contributed by atoms with van der Waals surface area (Å²) in [5.74, 6) is -1.22. The highest BCUT2D eigenvalue weighted by Crippen LogP contribution is 2.38. The molecule has 3 rings (SSSR count). The van der Waals surface area contributed by atoms with Crippen molar-refractivity contribution in [1.29, 1.82) is 0 Å². The van der Waals surface area contributed by atoms with E-state index >= 15 is 0 Å². The Morgan fingerprint density at radius 2 is 2.05 bits per heavy atom. The Morgan fingerprint density at radius 1 is 1.29 bits per heavy atom. The van der Waals surface area contributed by atoms with Crippen LogP contribution in [0.2, 0.25) is 0 Å². The molecule has 110 valence electrons. The summed E-state index contributed by atoms with van der Waals surface area (Å²) in [5, 5.41) is 0. The highest BCUT2D eigenvalue weighted by Gasteiger charge is 2.57. The van der Waals surface area contributed by atoms with Crippen LogP contribution in [0.25, 0.3) is 0 Å². The lowest BCUT2D eigenvalue weighted by Gasteiger charge is -2.29. The second-order valence-electron chi connectivity index (χ2n) is 5.27. The van der Waals surface area contributed by atoms with Gasteiger partial charge in [0.05, 0.1) is 6.42 Å². The van der Waals surface area contributed by atoms with Gasteiger partial charge >= 0.3 is 18.0 Å². The summed E-state index contributed by atoms with van der Waals surface area (Å²) in [6.07, 6.45) is 0.440. The lowest BCUT2D eigenvalue weighted by Crippen LogP contribution is -2.50. The molecule has 0 radical (unpaired) electrons. The van der Waals surface area contributed by atoms with Crippen molar-refractivity contribution in [3.63, 3.8) is 0 Å². The Morgan fingerprint density at radius 3 is 2.71 bits per heavy atom. The summed E-state index contributed by atoms with van der Waals surface area (Å²) in [6.45, 7) is 0.533. The Kier molecular flexibility index (Phi) is 3.37. The highest BCUT2D eigenvalue weighted by molar-refractivity contribution is 6.02. The van der Waals surface area contributed by atoms with E-state index in [9.17, 15) is 14.4 Å². The summed E-state index contributed by atoms with van der Waals surface area (Å²) in [5.41, 5.74) is -0.283. The number of hydrogen-bond donors (Lipinski definition) is 0. The van der Waals surface area contributed by atoms with E-state index in [0.29, 0.717) is 19.4 Å². The number of ether oxygens (including phenoxy) is 2. The maximum absolute atomic E-state index is 12.2. The van der Waals surface area contributed by atoms with Gasteiger partial charge in [0.15, 0.2) is 5.54 Å².